The fourth-order valence-electron chi connectivity index (χ4n) is 2.98. The number of benzene rings is 2. The van der Waals surface area contributed by atoms with Crippen molar-refractivity contribution in [2.75, 3.05) is 25.6 Å². The van der Waals surface area contributed by atoms with Gasteiger partial charge in [-0.25, -0.2) is 4.79 Å². The summed E-state index contributed by atoms with van der Waals surface area (Å²) in [5.41, 5.74) is 2.24. The molecule has 0 saturated carbocycles. The predicted octanol–water partition coefficient (Wildman–Crippen LogP) is 4.26. The van der Waals surface area contributed by atoms with Crippen molar-refractivity contribution in [1.82, 2.24) is 0 Å². The lowest BCUT2D eigenvalue weighted by molar-refractivity contribution is 0.210. The molecule has 2 aromatic heterocycles. The van der Waals surface area contributed by atoms with E-state index in [1.807, 2.05) is 48.5 Å². The summed E-state index contributed by atoms with van der Waals surface area (Å²) in [6, 6.07) is 17.0. The number of rotatable bonds is 5. The molecule has 1 N–H and O–H groups in total. The second kappa shape index (κ2) is 6.45. The molecule has 0 atom stereocenters. The van der Waals surface area contributed by atoms with Crippen LogP contribution in [0.3, 0.4) is 0 Å². The number of furan rings is 1. The van der Waals surface area contributed by atoms with Crippen LogP contribution in [0.2, 0.25) is 0 Å². The molecule has 0 bridgehead atoms. The Morgan fingerprint density at radius 1 is 1.00 bits per heavy atom. The number of hydrogen-bond donors (Lipinski definition) is 1. The van der Waals surface area contributed by atoms with E-state index < -0.39 is 5.63 Å². The standard InChI is InChI=1S/C20H17NO4/c1-23-12-11-21-19-16(13-7-3-2-4-8-13)17-18(25-19)14-9-5-6-10-15(14)24-20(17)22/h2-10,21H,11-12H2,1H3. The van der Waals surface area contributed by atoms with Crippen molar-refractivity contribution in [3.8, 4) is 11.1 Å². The molecule has 0 unspecified atom stereocenters. The van der Waals surface area contributed by atoms with Gasteiger partial charge in [-0.05, 0) is 17.7 Å². The lowest BCUT2D eigenvalue weighted by atomic mass is 10.0. The quantitative estimate of drug-likeness (QED) is 0.436. The monoisotopic (exact) mass is 335 g/mol. The first-order valence-corrected chi connectivity index (χ1v) is 8.06. The van der Waals surface area contributed by atoms with E-state index in [-0.39, 0.29) is 0 Å². The number of nitrogens with one attached hydrogen (secondary N) is 1. The van der Waals surface area contributed by atoms with E-state index in [4.69, 9.17) is 13.6 Å². The Labute approximate surface area is 143 Å². The lowest BCUT2D eigenvalue weighted by Gasteiger charge is -2.05. The van der Waals surface area contributed by atoms with Crippen LogP contribution in [-0.4, -0.2) is 20.3 Å². The Bertz CT molecular complexity index is 1080. The van der Waals surface area contributed by atoms with Crippen molar-refractivity contribution in [1.29, 1.82) is 0 Å². The molecular formula is C20H17NO4. The van der Waals surface area contributed by atoms with Gasteiger partial charge in [0.25, 0.3) is 0 Å². The molecule has 0 aliphatic rings. The van der Waals surface area contributed by atoms with Crippen LogP contribution in [0.5, 0.6) is 0 Å². The molecule has 126 valence electrons. The van der Waals surface area contributed by atoms with Crippen LogP contribution >= 0.6 is 0 Å². The number of ether oxygens (including phenoxy) is 1. The van der Waals surface area contributed by atoms with Gasteiger partial charge in [-0.15, -0.1) is 0 Å². The van der Waals surface area contributed by atoms with Crippen LogP contribution in [0.15, 0.2) is 68.2 Å². The molecular weight excluding hydrogens is 318 g/mol. The zero-order chi connectivity index (χ0) is 17.2. The minimum absolute atomic E-state index is 0.406. The third kappa shape index (κ3) is 2.68. The maximum atomic E-state index is 12.7. The summed E-state index contributed by atoms with van der Waals surface area (Å²) in [5, 5.41) is 4.44. The summed E-state index contributed by atoms with van der Waals surface area (Å²) in [5.74, 6) is 0.543. The molecule has 0 aliphatic carbocycles. The summed E-state index contributed by atoms with van der Waals surface area (Å²) < 4.78 is 16.7. The summed E-state index contributed by atoms with van der Waals surface area (Å²) in [6.45, 7) is 1.10. The molecule has 2 aromatic carbocycles. The summed E-state index contributed by atoms with van der Waals surface area (Å²) in [6.07, 6.45) is 0. The van der Waals surface area contributed by atoms with E-state index >= 15 is 0 Å². The first-order valence-electron chi connectivity index (χ1n) is 8.06. The second-order valence-electron chi connectivity index (χ2n) is 5.68. The van der Waals surface area contributed by atoms with Crippen LogP contribution in [0, 0.1) is 0 Å². The van der Waals surface area contributed by atoms with Gasteiger partial charge in [-0.2, -0.15) is 0 Å². The molecule has 5 nitrogen and oxygen atoms in total. The largest absolute Gasteiger partial charge is 0.439 e. The Kier molecular flexibility index (Phi) is 3.99. The van der Waals surface area contributed by atoms with Gasteiger partial charge in [0.1, 0.15) is 11.0 Å². The van der Waals surface area contributed by atoms with Gasteiger partial charge >= 0.3 is 5.63 Å². The van der Waals surface area contributed by atoms with Gasteiger partial charge in [0.2, 0.25) is 5.88 Å². The molecule has 4 aromatic rings. The molecule has 2 heterocycles. The third-order valence-electron chi connectivity index (χ3n) is 4.10. The molecule has 0 amide bonds. The number of hydrogen-bond acceptors (Lipinski definition) is 5. The Hall–Kier alpha value is -3.05. The average molecular weight is 335 g/mol. The van der Waals surface area contributed by atoms with Gasteiger partial charge in [0, 0.05) is 13.7 Å². The highest BCUT2D eigenvalue weighted by Crippen LogP contribution is 2.39. The van der Waals surface area contributed by atoms with Gasteiger partial charge in [-0.1, -0.05) is 42.5 Å². The smallest absolute Gasteiger partial charge is 0.348 e. The Morgan fingerprint density at radius 3 is 2.56 bits per heavy atom. The van der Waals surface area contributed by atoms with Crippen molar-refractivity contribution in [2.45, 2.75) is 0 Å². The van der Waals surface area contributed by atoms with E-state index in [9.17, 15) is 4.79 Å². The van der Waals surface area contributed by atoms with Crippen molar-refractivity contribution in [2.24, 2.45) is 0 Å². The topological polar surface area (TPSA) is 64.6 Å². The normalized spacial score (nSPS) is 11.2. The van der Waals surface area contributed by atoms with Gasteiger partial charge in [0.15, 0.2) is 5.58 Å². The highest BCUT2D eigenvalue weighted by atomic mass is 16.5. The number of methoxy groups -OCH3 is 1. The zero-order valence-electron chi connectivity index (χ0n) is 13.7. The molecule has 4 rings (SSSR count). The molecule has 0 saturated heterocycles. The molecule has 0 radical (unpaired) electrons. The molecule has 25 heavy (non-hydrogen) atoms. The SMILES string of the molecule is COCCNc1oc2c(c1-c1ccccc1)c(=O)oc1ccccc12. The third-order valence-corrected chi connectivity index (χ3v) is 4.10. The van der Waals surface area contributed by atoms with Crippen LogP contribution in [0.4, 0.5) is 5.88 Å². The molecule has 0 fully saturated rings. The number of para-hydroxylation sites is 1. The first kappa shape index (κ1) is 15.5. The van der Waals surface area contributed by atoms with Gasteiger partial charge in [-0.3, -0.25) is 0 Å². The van der Waals surface area contributed by atoms with Crippen molar-refractivity contribution < 1.29 is 13.6 Å². The summed E-state index contributed by atoms with van der Waals surface area (Å²) in [4.78, 5) is 12.7. The van der Waals surface area contributed by atoms with E-state index in [0.29, 0.717) is 41.2 Å². The first-order chi connectivity index (χ1) is 12.3. The highest BCUT2D eigenvalue weighted by Gasteiger charge is 2.22. The highest BCUT2D eigenvalue weighted by molar-refractivity contribution is 6.09. The van der Waals surface area contributed by atoms with E-state index in [2.05, 4.69) is 5.32 Å². The lowest BCUT2D eigenvalue weighted by Crippen LogP contribution is -2.07. The van der Waals surface area contributed by atoms with Crippen molar-refractivity contribution >= 4 is 27.8 Å². The maximum absolute atomic E-state index is 12.7. The zero-order valence-corrected chi connectivity index (χ0v) is 13.7. The van der Waals surface area contributed by atoms with E-state index in [1.54, 1.807) is 13.2 Å². The minimum Gasteiger partial charge on any atom is -0.439 e. The second-order valence-corrected chi connectivity index (χ2v) is 5.68. The summed E-state index contributed by atoms with van der Waals surface area (Å²) >= 11 is 0. The van der Waals surface area contributed by atoms with E-state index in [0.717, 1.165) is 10.9 Å². The van der Waals surface area contributed by atoms with Crippen molar-refractivity contribution in [3.63, 3.8) is 0 Å². The molecule has 0 spiro atoms. The number of fused-ring (bicyclic) bond motifs is 3. The van der Waals surface area contributed by atoms with Gasteiger partial charge in [0.05, 0.1) is 17.6 Å². The van der Waals surface area contributed by atoms with Crippen LogP contribution < -0.4 is 10.9 Å². The fourth-order valence-corrected chi connectivity index (χ4v) is 2.98. The Balaban J connectivity index is 2.03. The van der Waals surface area contributed by atoms with E-state index in [1.165, 1.54) is 0 Å². The fraction of sp³-hybridized carbons (Fsp3) is 0.150. The average Bonchev–Trinajstić information content (AvgIpc) is 3.03. The van der Waals surface area contributed by atoms with Crippen LogP contribution in [0.25, 0.3) is 33.1 Å². The molecule has 5 heteroatoms. The minimum atomic E-state index is -0.406. The number of anilines is 1. The summed E-state index contributed by atoms with van der Waals surface area (Å²) in [7, 11) is 1.64. The van der Waals surface area contributed by atoms with Gasteiger partial charge < -0.3 is 18.9 Å². The van der Waals surface area contributed by atoms with Crippen LogP contribution in [-0.2, 0) is 4.74 Å². The molecule has 0 aliphatic heterocycles. The predicted molar refractivity (Wildman–Crippen MR) is 98.1 cm³/mol. The van der Waals surface area contributed by atoms with Crippen LogP contribution in [0.1, 0.15) is 0 Å². The Morgan fingerprint density at radius 2 is 1.76 bits per heavy atom. The van der Waals surface area contributed by atoms with Crippen molar-refractivity contribution in [3.05, 3.63) is 65.0 Å². The maximum Gasteiger partial charge on any atom is 0.348 e.